The fourth-order valence-electron chi connectivity index (χ4n) is 2.26. The van der Waals surface area contributed by atoms with Crippen LogP contribution in [0, 0.1) is 0 Å². The van der Waals surface area contributed by atoms with Gasteiger partial charge in [-0.3, -0.25) is 0 Å². The molecule has 1 heterocycles. The molecule has 0 unspecified atom stereocenters. The summed E-state index contributed by atoms with van der Waals surface area (Å²) in [7, 11) is 0. The van der Waals surface area contributed by atoms with Gasteiger partial charge in [-0.05, 0) is 42.0 Å². The number of aromatic nitrogens is 1. The van der Waals surface area contributed by atoms with Gasteiger partial charge in [0.05, 0.1) is 0 Å². The average Bonchev–Trinajstić information content (AvgIpc) is 2.95. The second-order valence-electron chi connectivity index (χ2n) is 4.61. The Balaban J connectivity index is 1.68. The van der Waals surface area contributed by atoms with E-state index in [1.807, 2.05) is 24.4 Å². The summed E-state index contributed by atoms with van der Waals surface area (Å²) in [6.07, 6.45) is 1.91. The van der Waals surface area contributed by atoms with E-state index in [4.69, 9.17) is 0 Å². The Morgan fingerprint density at radius 1 is 1.05 bits per heavy atom. The molecule has 3 aromatic rings. The number of H-pyrrole nitrogens is 1. The molecule has 0 aliphatic carbocycles. The van der Waals surface area contributed by atoms with E-state index in [0.717, 1.165) is 11.2 Å². The van der Waals surface area contributed by atoms with Crippen LogP contribution < -0.4 is 10.1 Å². The number of fused-ring (bicyclic) bond motifs is 1. The Labute approximate surface area is 120 Å². The maximum Gasteiger partial charge on any atom is 0.387 e. The second-order valence-corrected chi connectivity index (χ2v) is 4.61. The Morgan fingerprint density at radius 2 is 1.86 bits per heavy atom. The Hall–Kier alpha value is -2.56. The van der Waals surface area contributed by atoms with Crippen LogP contribution in [0.2, 0.25) is 0 Å². The van der Waals surface area contributed by atoms with Crippen molar-refractivity contribution in [3.8, 4) is 5.75 Å². The summed E-state index contributed by atoms with van der Waals surface area (Å²) < 4.78 is 28.4. The summed E-state index contributed by atoms with van der Waals surface area (Å²) >= 11 is 0. The van der Waals surface area contributed by atoms with Crippen molar-refractivity contribution in [1.82, 2.24) is 4.98 Å². The fourth-order valence-corrected chi connectivity index (χ4v) is 2.26. The number of rotatable bonds is 5. The number of hydrogen-bond acceptors (Lipinski definition) is 2. The van der Waals surface area contributed by atoms with E-state index in [1.165, 1.54) is 23.1 Å². The van der Waals surface area contributed by atoms with Crippen molar-refractivity contribution in [3.63, 3.8) is 0 Å². The molecule has 3 nitrogen and oxygen atoms in total. The number of anilines is 1. The van der Waals surface area contributed by atoms with E-state index in [1.54, 1.807) is 12.1 Å². The zero-order chi connectivity index (χ0) is 14.7. The molecule has 1 aromatic heterocycles. The van der Waals surface area contributed by atoms with Crippen LogP contribution in [0.3, 0.4) is 0 Å². The number of halogens is 2. The van der Waals surface area contributed by atoms with Gasteiger partial charge in [-0.2, -0.15) is 8.78 Å². The average molecular weight is 288 g/mol. The lowest BCUT2D eigenvalue weighted by molar-refractivity contribution is -0.0498. The highest BCUT2D eigenvalue weighted by atomic mass is 19.3. The third-order valence-corrected chi connectivity index (χ3v) is 3.25. The van der Waals surface area contributed by atoms with Gasteiger partial charge in [0, 0.05) is 29.3 Å². The second kappa shape index (κ2) is 5.83. The third-order valence-electron chi connectivity index (χ3n) is 3.25. The summed E-state index contributed by atoms with van der Waals surface area (Å²) in [5.74, 6) is 0.156. The molecular formula is C16H14F2N2O. The topological polar surface area (TPSA) is 37.0 Å². The van der Waals surface area contributed by atoms with Crippen molar-refractivity contribution in [2.24, 2.45) is 0 Å². The van der Waals surface area contributed by atoms with E-state index in [0.29, 0.717) is 6.54 Å². The monoisotopic (exact) mass is 288 g/mol. The molecule has 108 valence electrons. The van der Waals surface area contributed by atoms with Crippen LogP contribution in [0.25, 0.3) is 10.9 Å². The lowest BCUT2D eigenvalue weighted by atomic mass is 10.1. The molecule has 5 heteroatoms. The summed E-state index contributed by atoms with van der Waals surface area (Å²) in [4.78, 5) is 3.17. The van der Waals surface area contributed by atoms with E-state index in [9.17, 15) is 8.78 Å². The van der Waals surface area contributed by atoms with Crippen LogP contribution in [0.1, 0.15) is 5.56 Å². The Bertz CT molecular complexity index is 722. The molecule has 21 heavy (non-hydrogen) atoms. The SMILES string of the molecule is FC(F)Oc1ccc(NCc2cccc3[nH]ccc23)cc1. The highest BCUT2D eigenvalue weighted by Crippen LogP contribution is 2.21. The Kier molecular flexibility index (Phi) is 3.73. The highest BCUT2D eigenvalue weighted by Gasteiger charge is 2.04. The van der Waals surface area contributed by atoms with Crippen LogP contribution >= 0.6 is 0 Å². The van der Waals surface area contributed by atoms with E-state index in [-0.39, 0.29) is 5.75 Å². The van der Waals surface area contributed by atoms with Gasteiger partial charge in [0.2, 0.25) is 0 Å². The molecule has 3 rings (SSSR count). The molecule has 0 bridgehead atoms. The maximum absolute atomic E-state index is 12.1. The minimum atomic E-state index is -2.80. The number of alkyl halides is 2. The van der Waals surface area contributed by atoms with Crippen molar-refractivity contribution in [3.05, 3.63) is 60.3 Å². The van der Waals surface area contributed by atoms with Crippen LogP contribution in [0.4, 0.5) is 14.5 Å². The summed E-state index contributed by atoms with van der Waals surface area (Å²) in [6.45, 7) is -2.14. The van der Waals surface area contributed by atoms with Gasteiger partial charge in [0.25, 0.3) is 0 Å². The van der Waals surface area contributed by atoms with Gasteiger partial charge in [-0.1, -0.05) is 12.1 Å². The molecule has 0 amide bonds. The molecule has 2 N–H and O–H groups in total. The van der Waals surface area contributed by atoms with Crippen molar-refractivity contribution in [2.75, 3.05) is 5.32 Å². The summed E-state index contributed by atoms with van der Waals surface area (Å²) in [6, 6.07) is 14.6. The first-order chi connectivity index (χ1) is 10.2. The smallest absolute Gasteiger partial charge is 0.387 e. The van der Waals surface area contributed by atoms with Crippen LogP contribution in [0.15, 0.2) is 54.7 Å². The molecule has 2 aromatic carbocycles. The molecular weight excluding hydrogens is 274 g/mol. The number of aromatic amines is 1. The van der Waals surface area contributed by atoms with Gasteiger partial charge in [0.15, 0.2) is 0 Å². The van der Waals surface area contributed by atoms with Crippen LogP contribution in [-0.2, 0) is 6.54 Å². The van der Waals surface area contributed by atoms with Gasteiger partial charge in [0.1, 0.15) is 5.75 Å². The minimum Gasteiger partial charge on any atom is -0.435 e. The minimum absolute atomic E-state index is 0.156. The molecule has 0 saturated carbocycles. The first-order valence-electron chi connectivity index (χ1n) is 6.56. The first kappa shape index (κ1) is 13.4. The normalized spacial score (nSPS) is 11.0. The summed E-state index contributed by atoms with van der Waals surface area (Å²) in [5, 5.41) is 4.44. The third kappa shape index (κ3) is 3.13. The number of benzene rings is 2. The molecule has 0 aliphatic heterocycles. The number of ether oxygens (including phenoxy) is 1. The Morgan fingerprint density at radius 3 is 2.62 bits per heavy atom. The quantitative estimate of drug-likeness (QED) is 0.731. The van der Waals surface area contributed by atoms with Gasteiger partial charge >= 0.3 is 6.61 Å². The van der Waals surface area contributed by atoms with Crippen molar-refractivity contribution < 1.29 is 13.5 Å². The molecule has 0 radical (unpaired) electrons. The molecule has 0 saturated heterocycles. The van der Waals surface area contributed by atoms with Crippen molar-refractivity contribution >= 4 is 16.6 Å². The molecule has 0 fully saturated rings. The first-order valence-corrected chi connectivity index (χ1v) is 6.56. The van der Waals surface area contributed by atoms with E-state index >= 15 is 0 Å². The predicted molar refractivity (Wildman–Crippen MR) is 78.7 cm³/mol. The molecule has 0 spiro atoms. The van der Waals surface area contributed by atoms with Crippen LogP contribution in [-0.4, -0.2) is 11.6 Å². The lowest BCUT2D eigenvalue weighted by Gasteiger charge is -2.09. The predicted octanol–water partition coefficient (Wildman–Crippen LogP) is 4.38. The zero-order valence-corrected chi connectivity index (χ0v) is 11.1. The lowest BCUT2D eigenvalue weighted by Crippen LogP contribution is -2.02. The van der Waals surface area contributed by atoms with Gasteiger partial charge < -0.3 is 15.0 Å². The van der Waals surface area contributed by atoms with E-state index in [2.05, 4.69) is 21.1 Å². The summed E-state index contributed by atoms with van der Waals surface area (Å²) in [5.41, 5.74) is 3.11. The number of nitrogens with one attached hydrogen (secondary N) is 2. The standard InChI is InChI=1S/C16H14F2N2O/c17-16(18)21-13-6-4-12(5-7-13)20-10-11-2-1-3-15-14(11)8-9-19-15/h1-9,16,19-20H,10H2. The maximum atomic E-state index is 12.1. The number of hydrogen-bond donors (Lipinski definition) is 2. The van der Waals surface area contributed by atoms with Crippen molar-refractivity contribution in [2.45, 2.75) is 13.2 Å². The van der Waals surface area contributed by atoms with Crippen molar-refractivity contribution in [1.29, 1.82) is 0 Å². The van der Waals surface area contributed by atoms with Gasteiger partial charge in [-0.25, -0.2) is 0 Å². The highest BCUT2D eigenvalue weighted by molar-refractivity contribution is 5.83. The molecule has 0 aliphatic rings. The zero-order valence-electron chi connectivity index (χ0n) is 11.1. The van der Waals surface area contributed by atoms with Gasteiger partial charge in [-0.15, -0.1) is 0 Å². The fraction of sp³-hybridized carbons (Fsp3) is 0.125. The molecule has 0 atom stereocenters. The van der Waals surface area contributed by atoms with Crippen LogP contribution in [0.5, 0.6) is 5.75 Å². The largest absolute Gasteiger partial charge is 0.435 e. The van der Waals surface area contributed by atoms with E-state index < -0.39 is 6.61 Å².